The summed E-state index contributed by atoms with van der Waals surface area (Å²) < 4.78 is 38.9. The normalized spacial score (nSPS) is 17.3. The highest BCUT2D eigenvalue weighted by molar-refractivity contribution is 6.31. The minimum absolute atomic E-state index is 0.166. The topological polar surface area (TPSA) is 47.9 Å². The lowest BCUT2D eigenvalue weighted by Gasteiger charge is -2.34. The van der Waals surface area contributed by atoms with Crippen LogP contribution in [0.2, 0.25) is 5.02 Å². The predicted molar refractivity (Wildman–Crippen MR) is 86.6 cm³/mol. The molecule has 1 unspecified atom stereocenters. The van der Waals surface area contributed by atoms with E-state index in [0.29, 0.717) is 22.1 Å². The van der Waals surface area contributed by atoms with Gasteiger partial charge in [-0.2, -0.15) is 13.2 Å². The summed E-state index contributed by atoms with van der Waals surface area (Å²) in [7, 11) is 1.64. The molecule has 0 amide bonds. The average Bonchev–Trinajstić information content (AvgIpc) is 2.53. The number of hydrogen-bond donors (Lipinski definition) is 2. The molecule has 1 atom stereocenters. The van der Waals surface area contributed by atoms with Crippen LogP contribution in [0.3, 0.4) is 0 Å². The van der Waals surface area contributed by atoms with E-state index in [4.69, 9.17) is 11.6 Å². The summed E-state index contributed by atoms with van der Waals surface area (Å²) in [5, 5.41) is 13.6. The molecule has 0 aliphatic carbocycles. The number of rotatable bonds is 1. The SMILES string of the molecule is CNC1=NC(O)N(c2cccc(C(F)(F)F)c2)c2cc(Cl)ccc21. The van der Waals surface area contributed by atoms with Crippen molar-refractivity contribution in [2.45, 2.75) is 12.5 Å². The summed E-state index contributed by atoms with van der Waals surface area (Å²) in [6, 6.07) is 9.62. The predicted octanol–water partition coefficient (Wildman–Crippen LogP) is 3.75. The summed E-state index contributed by atoms with van der Waals surface area (Å²) in [4.78, 5) is 5.39. The van der Waals surface area contributed by atoms with Crippen molar-refractivity contribution >= 4 is 28.8 Å². The second kappa shape index (κ2) is 5.99. The van der Waals surface area contributed by atoms with E-state index in [1.54, 1.807) is 25.2 Å². The van der Waals surface area contributed by atoms with E-state index in [9.17, 15) is 18.3 Å². The molecule has 3 rings (SSSR count). The number of nitrogens with one attached hydrogen (secondary N) is 1. The Balaban J connectivity index is 2.16. The van der Waals surface area contributed by atoms with Gasteiger partial charge >= 0.3 is 6.18 Å². The molecule has 1 aliphatic rings. The zero-order chi connectivity index (χ0) is 17.5. The Labute approximate surface area is 141 Å². The first-order valence-corrected chi connectivity index (χ1v) is 7.39. The van der Waals surface area contributed by atoms with Gasteiger partial charge in [-0.05, 0) is 36.4 Å². The lowest BCUT2D eigenvalue weighted by Crippen LogP contribution is -2.38. The lowest BCUT2D eigenvalue weighted by atomic mass is 10.1. The monoisotopic (exact) mass is 355 g/mol. The molecule has 2 aromatic rings. The maximum absolute atomic E-state index is 13.0. The molecule has 126 valence electrons. The van der Waals surface area contributed by atoms with Crippen molar-refractivity contribution in [2.75, 3.05) is 11.9 Å². The van der Waals surface area contributed by atoms with Gasteiger partial charge in [0.15, 0.2) is 0 Å². The fraction of sp³-hybridized carbons (Fsp3) is 0.188. The molecule has 0 fully saturated rings. The summed E-state index contributed by atoms with van der Waals surface area (Å²) in [5.74, 6) is 0.428. The van der Waals surface area contributed by atoms with Crippen LogP contribution in [-0.2, 0) is 6.18 Å². The number of aliphatic hydroxyl groups excluding tert-OH is 1. The number of amidine groups is 1. The van der Waals surface area contributed by atoms with Crippen LogP contribution in [0.4, 0.5) is 24.5 Å². The van der Waals surface area contributed by atoms with Crippen LogP contribution in [0.5, 0.6) is 0 Å². The first kappa shape index (κ1) is 16.6. The van der Waals surface area contributed by atoms with Crippen molar-refractivity contribution in [2.24, 2.45) is 4.99 Å². The molecule has 0 radical (unpaired) electrons. The van der Waals surface area contributed by atoms with Crippen LogP contribution in [0.15, 0.2) is 47.5 Å². The molecule has 0 spiro atoms. The highest BCUT2D eigenvalue weighted by atomic mass is 35.5. The van der Waals surface area contributed by atoms with Crippen molar-refractivity contribution < 1.29 is 18.3 Å². The van der Waals surface area contributed by atoms with Crippen LogP contribution in [-0.4, -0.2) is 24.3 Å². The van der Waals surface area contributed by atoms with Crippen LogP contribution in [0, 0.1) is 0 Å². The van der Waals surface area contributed by atoms with Gasteiger partial charge < -0.3 is 10.4 Å². The fourth-order valence-electron chi connectivity index (χ4n) is 2.58. The van der Waals surface area contributed by atoms with Gasteiger partial charge in [0.25, 0.3) is 0 Å². The summed E-state index contributed by atoms with van der Waals surface area (Å²) in [6.45, 7) is 0. The number of aliphatic hydroxyl groups is 1. The smallest absolute Gasteiger partial charge is 0.373 e. The average molecular weight is 356 g/mol. The molecule has 0 bridgehead atoms. The van der Waals surface area contributed by atoms with Gasteiger partial charge in [-0.15, -0.1) is 0 Å². The number of benzene rings is 2. The van der Waals surface area contributed by atoms with E-state index in [-0.39, 0.29) is 5.69 Å². The van der Waals surface area contributed by atoms with Crippen molar-refractivity contribution in [1.29, 1.82) is 0 Å². The number of fused-ring (bicyclic) bond motifs is 1. The number of nitrogens with zero attached hydrogens (tertiary/aromatic N) is 2. The number of alkyl halides is 3. The first-order valence-electron chi connectivity index (χ1n) is 7.01. The van der Waals surface area contributed by atoms with E-state index in [2.05, 4.69) is 10.3 Å². The Morgan fingerprint density at radius 1 is 1.21 bits per heavy atom. The third kappa shape index (κ3) is 2.92. The number of aliphatic imine (C=N–C) groups is 1. The molecule has 24 heavy (non-hydrogen) atoms. The van der Waals surface area contributed by atoms with Crippen molar-refractivity contribution in [3.8, 4) is 0 Å². The summed E-state index contributed by atoms with van der Waals surface area (Å²) in [6.07, 6.45) is -5.85. The standard InChI is InChI=1S/C16H13ClF3N3O/c1-21-14-12-6-5-10(17)8-13(12)23(15(24)22-14)11-4-2-3-9(7-11)16(18,19)20/h2-8,15,24H,1H3,(H,21,22). The Morgan fingerprint density at radius 2 is 1.96 bits per heavy atom. The molecule has 1 heterocycles. The van der Waals surface area contributed by atoms with Gasteiger partial charge in [-0.25, -0.2) is 4.99 Å². The zero-order valence-electron chi connectivity index (χ0n) is 12.5. The second-order valence-electron chi connectivity index (χ2n) is 5.15. The van der Waals surface area contributed by atoms with Gasteiger partial charge in [0.05, 0.1) is 11.3 Å². The Bertz CT molecular complexity index is 807. The maximum Gasteiger partial charge on any atom is 0.416 e. The van der Waals surface area contributed by atoms with E-state index < -0.39 is 18.1 Å². The Hall–Kier alpha value is -2.25. The van der Waals surface area contributed by atoms with Crippen molar-refractivity contribution in [1.82, 2.24) is 5.32 Å². The Kier molecular flexibility index (Phi) is 4.15. The van der Waals surface area contributed by atoms with E-state index in [0.717, 1.165) is 12.1 Å². The number of hydrogen-bond acceptors (Lipinski definition) is 4. The molecule has 8 heteroatoms. The fourth-order valence-corrected chi connectivity index (χ4v) is 2.74. The molecule has 4 nitrogen and oxygen atoms in total. The third-order valence-corrected chi connectivity index (χ3v) is 3.87. The molecule has 0 saturated carbocycles. The lowest BCUT2D eigenvalue weighted by molar-refractivity contribution is -0.137. The second-order valence-corrected chi connectivity index (χ2v) is 5.59. The minimum atomic E-state index is -4.48. The quantitative estimate of drug-likeness (QED) is 0.819. The summed E-state index contributed by atoms with van der Waals surface area (Å²) >= 11 is 6.02. The zero-order valence-corrected chi connectivity index (χ0v) is 13.2. The molecular weight excluding hydrogens is 343 g/mol. The van der Waals surface area contributed by atoms with Gasteiger partial charge in [-0.3, -0.25) is 4.90 Å². The third-order valence-electron chi connectivity index (χ3n) is 3.64. The summed E-state index contributed by atoms with van der Waals surface area (Å²) in [5.41, 5.74) is 0.456. The van der Waals surface area contributed by atoms with Crippen LogP contribution in [0.25, 0.3) is 0 Å². The van der Waals surface area contributed by atoms with E-state index in [1.165, 1.54) is 17.0 Å². The molecule has 1 aliphatic heterocycles. The molecule has 2 aromatic carbocycles. The maximum atomic E-state index is 13.0. The van der Waals surface area contributed by atoms with Crippen LogP contribution in [0.1, 0.15) is 11.1 Å². The van der Waals surface area contributed by atoms with E-state index in [1.807, 2.05) is 0 Å². The molecule has 0 aromatic heterocycles. The molecular formula is C16H13ClF3N3O. The van der Waals surface area contributed by atoms with Crippen molar-refractivity contribution in [3.63, 3.8) is 0 Å². The van der Waals surface area contributed by atoms with Gasteiger partial charge in [0.1, 0.15) is 5.84 Å². The van der Waals surface area contributed by atoms with Gasteiger partial charge in [-0.1, -0.05) is 17.7 Å². The minimum Gasteiger partial charge on any atom is -0.373 e. The van der Waals surface area contributed by atoms with Crippen LogP contribution >= 0.6 is 11.6 Å². The molecule has 0 saturated heterocycles. The highest BCUT2D eigenvalue weighted by Crippen LogP contribution is 2.38. The largest absolute Gasteiger partial charge is 0.416 e. The van der Waals surface area contributed by atoms with E-state index >= 15 is 0 Å². The van der Waals surface area contributed by atoms with Crippen LogP contribution < -0.4 is 10.2 Å². The number of anilines is 2. The Morgan fingerprint density at radius 3 is 2.62 bits per heavy atom. The molecule has 2 N–H and O–H groups in total. The van der Waals surface area contributed by atoms with Crippen molar-refractivity contribution in [3.05, 3.63) is 58.6 Å². The number of halogens is 4. The van der Waals surface area contributed by atoms with Gasteiger partial charge in [0, 0.05) is 23.3 Å². The van der Waals surface area contributed by atoms with Gasteiger partial charge in [0.2, 0.25) is 6.35 Å². The highest BCUT2D eigenvalue weighted by Gasteiger charge is 2.33. The first-order chi connectivity index (χ1) is 11.3.